The second kappa shape index (κ2) is 18.4. The van der Waals surface area contributed by atoms with Crippen molar-refractivity contribution in [3.05, 3.63) is 58.2 Å². The maximum atomic E-state index is 14.6. The lowest BCUT2D eigenvalue weighted by molar-refractivity contribution is -0.156. The standard InChI is InChI=1S/C44H60N6O8S2/c1-11-29(36(45-12-2)27(6)56-9)38-31-22-44(7,8)24-58-43(53)32-15-14-18-50(48-32)42(52)37(47-40(51)35-25(4)26(35)5)39(57-13-3)41-46-33(23-59-41)28-16-17-34(30(31)21-28)49(38)19-20-60(10,54)55/h11-12,16-17,21,23,25-27,32,35,37,39,48H,1,13-15,18-20,22,24H2,2-10H3,(H,47,51)/b36-29+,45-12?/t25-,26+,27-,32-,35?,37-,39-/m0/s1. The van der Waals surface area contributed by atoms with Crippen LogP contribution in [0.1, 0.15) is 83.7 Å². The SMILES string of the molecule is C=C/C(=C(\N=CC)[C@H](C)OC)c1c2c3cc(ccc3n1CCS(C)(=O)=O)-c1csc(n1)[C@@H](OCC)[C@H](NC(=O)C1[C@@H](C)[C@H]1C)C(=O)N1CCC[C@H](N1)C(=O)OCC(C)(C)C2. The Balaban J connectivity index is 1.59. The summed E-state index contributed by atoms with van der Waals surface area (Å²) < 4.78 is 45.6. The molecule has 60 heavy (non-hydrogen) atoms. The highest BCUT2D eigenvalue weighted by atomic mass is 32.2. The Bertz CT molecular complexity index is 2290. The zero-order chi connectivity index (χ0) is 43.7. The van der Waals surface area contributed by atoms with E-state index in [1.807, 2.05) is 76.6 Å². The molecule has 0 spiro atoms. The van der Waals surface area contributed by atoms with Crippen molar-refractivity contribution in [3.63, 3.8) is 0 Å². The number of nitrogens with zero attached hydrogens (tertiary/aromatic N) is 4. The van der Waals surface area contributed by atoms with Crippen LogP contribution in [0.4, 0.5) is 0 Å². The monoisotopic (exact) mass is 864 g/mol. The first-order chi connectivity index (χ1) is 28.4. The maximum absolute atomic E-state index is 14.6. The zero-order valence-corrected chi connectivity index (χ0v) is 37.9. The van der Waals surface area contributed by atoms with Gasteiger partial charge in [-0.2, -0.15) is 0 Å². The molecular weight excluding hydrogens is 805 g/mol. The molecule has 3 aliphatic rings. The molecule has 2 fully saturated rings. The normalized spacial score (nSPS) is 25.7. The molecule has 6 rings (SSSR count). The van der Waals surface area contributed by atoms with Crippen LogP contribution in [0, 0.1) is 23.2 Å². The number of amides is 2. The summed E-state index contributed by atoms with van der Waals surface area (Å²) >= 11 is 1.34. The predicted octanol–water partition coefficient (Wildman–Crippen LogP) is 5.92. The van der Waals surface area contributed by atoms with Crippen LogP contribution >= 0.6 is 11.3 Å². The van der Waals surface area contributed by atoms with Crippen LogP contribution in [0.3, 0.4) is 0 Å². The van der Waals surface area contributed by atoms with Gasteiger partial charge in [-0.1, -0.05) is 46.4 Å². The van der Waals surface area contributed by atoms with Gasteiger partial charge in [-0.05, 0) is 69.6 Å². The highest BCUT2D eigenvalue weighted by molar-refractivity contribution is 7.90. The van der Waals surface area contributed by atoms with Crippen molar-refractivity contribution in [1.82, 2.24) is 25.3 Å². The summed E-state index contributed by atoms with van der Waals surface area (Å²) in [6.45, 7) is 18.6. The first-order valence-electron chi connectivity index (χ1n) is 20.8. The number of hydrazine groups is 1. The van der Waals surface area contributed by atoms with E-state index < -0.39 is 51.4 Å². The molecule has 1 unspecified atom stereocenters. The molecule has 2 amide bonds. The largest absolute Gasteiger partial charge is 0.464 e. The van der Waals surface area contributed by atoms with Crippen LogP contribution in [0.2, 0.25) is 0 Å². The molecule has 1 saturated heterocycles. The number of carbonyl (C=O) groups excluding carboxylic acids is 3. The Hall–Kier alpha value is -4.22. The van der Waals surface area contributed by atoms with Crippen LogP contribution in [0.15, 0.2) is 46.9 Å². The highest BCUT2D eigenvalue weighted by Gasteiger charge is 2.50. The maximum Gasteiger partial charge on any atom is 0.324 e. The lowest BCUT2D eigenvalue weighted by atomic mass is 9.84. The number of carbonyl (C=O) groups is 3. The van der Waals surface area contributed by atoms with Crippen LogP contribution in [-0.2, 0) is 51.4 Å². The van der Waals surface area contributed by atoms with E-state index in [4.69, 9.17) is 24.2 Å². The molecule has 2 aromatic heterocycles. The number of allylic oxidation sites excluding steroid dienone is 2. The van der Waals surface area contributed by atoms with E-state index >= 15 is 0 Å². The Labute approximate surface area is 357 Å². The molecule has 7 atom stereocenters. The summed E-state index contributed by atoms with van der Waals surface area (Å²) in [5, 5.41) is 7.75. The van der Waals surface area contributed by atoms with Gasteiger partial charge in [-0.25, -0.2) is 18.8 Å². The fourth-order valence-corrected chi connectivity index (χ4v) is 9.83. The molecule has 326 valence electrons. The number of esters is 1. The zero-order valence-electron chi connectivity index (χ0n) is 36.2. The molecule has 6 bridgehead atoms. The third-order valence-electron chi connectivity index (χ3n) is 12.0. The van der Waals surface area contributed by atoms with Gasteiger partial charge in [0.05, 0.1) is 35.5 Å². The first kappa shape index (κ1) is 45.3. The number of rotatable bonds is 12. The summed E-state index contributed by atoms with van der Waals surface area (Å²) in [5.41, 5.74) is 7.67. The molecule has 2 aliphatic heterocycles. The summed E-state index contributed by atoms with van der Waals surface area (Å²) in [6, 6.07) is 4.04. The quantitative estimate of drug-likeness (QED) is 0.127. The summed E-state index contributed by atoms with van der Waals surface area (Å²) in [5.74, 6) is -1.11. The molecule has 0 radical (unpaired) electrons. The van der Waals surface area contributed by atoms with Crippen molar-refractivity contribution in [1.29, 1.82) is 0 Å². The van der Waals surface area contributed by atoms with E-state index in [0.717, 1.165) is 27.7 Å². The Morgan fingerprint density at radius 3 is 2.62 bits per heavy atom. The number of nitrogens with one attached hydrogen (secondary N) is 2. The van der Waals surface area contributed by atoms with Crippen LogP contribution in [0.5, 0.6) is 0 Å². The van der Waals surface area contributed by atoms with Gasteiger partial charge in [-0.15, -0.1) is 11.3 Å². The van der Waals surface area contributed by atoms with Crippen molar-refractivity contribution in [2.75, 3.05) is 38.9 Å². The number of hydrogen-bond donors (Lipinski definition) is 2. The van der Waals surface area contributed by atoms with E-state index in [2.05, 4.69) is 17.3 Å². The number of benzene rings is 1. The van der Waals surface area contributed by atoms with Gasteiger partial charge in [0.1, 0.15) is 33.0 Å². The van der Waals surface area contributed by atoms with Gasteiger partial charge in [0.15, 0.2) is 0 Å². The minimum absolute atomic E-state index is 0.0486. The molecule has 1 saturated carbocycles. The number of fused-ring (bicyclic) bond motifs is 6. The molecule has 2 N–H and O–H groups in total. The van der Waals surface area contributed by atoms with E-state index in [0.29, 0.717) is 47.8 Å². The van der Waals surface area contributed by atoms with E-state index in [1.165, 1.54) is 22.6 Å². The third kappa shape index (κ3) is 9.62. The van der Waals surface area contributed by atoms with Gasteiger partial charge in [0.2, 0.25) is 5.91 Å². The van der Waals surface area contributed by atoms with E-state index in [1.54, 1.807) is 19.4 Å². The molecular formula is C44H60N6O8S2. The summed E-state index contributed by atoms with van der Waals surface area (Å²) in [6.07, 6.45) is 4.71. The van der Waals surface area contributed by atoms with Crippen molar-refractivity contribution in [2.24, 2.45) is 28.2 Å². The minimum atomic E-state index is -3.38. The van der Waals surface area contributed by atoms with Crippen molar-refractivity contribution < 1.29 is 37.0 Å². The third-order valence-corrected chi connectivity index (χ3v) is 13.8. The van der Waals surface area contributed by atoms with Crippen molar-refractivity contribution >= 4 is 61.6 Å². The number of hydrogen-bond acceptors (Lipinski definition) is 12. The van der Waals surface area contributed by atoms with Crippen LogP contribution in [-0.4, -0.2) is 104 Å². The van der Waals surface area contributed by atoms with Gasteiger partial charge in [0, 0.05) is 78.0 Å². The van der Waals surface area contributed by atoms with Crippen LogP contribution in [0.25, 0.3) is 27.7 Å². The van der Waals surface area contributed by atoms with E-state index in [9.17, 15) is 22.8 Å². The number of aryl methyl sites for hydroxylation is 1. The number of thiazole rings is 1. The number of aromatic nitrogens is 2. The Morgan fingerprint density at radius 2 is 1.98 bits per heavy atom. The molecule has 3 aromatic rings. The Morgan fingerprint density at radius 1 is 1.25 bits per heavy atom. The van der Waals surface area contributed by atoms with Gasteiger partial charge < -0.3 is 24.1 Å². The number of aliphatic imine (C=N–C) groups is 1. The molecule has 4 heterocycles. The second-order valence-electron chi connectivity index (χ2n) is 17.0. The molecule has 1 aromatic carbocycles. The summed E-state index contributed by atoms with van der Waals surface area (Å²) in [7, 11) is -1.78. The smallest absolute Gasteiger partial charge is 0.324 e. The fraction of sp³-hybridized carbons (Fsp3) is 0.568. The second-order valence-corrected chi connectivity index (χ2v) is 20.2. The number of sulfone groups is 1. The lowest BCUT2D eigenvalue weighted by Crippen LogP contribution is -2.61. The van der Waals surface area contributed by atoms with Gasteiger partial charge in [0.25, 0.3) is 5.91 Å². The average molecular weight is 865 g/mol. The molecule has 1 aliphatic carbocycles. The first-order valence-corrected chi connectivity index (χ1v) is 23.7. The number of methoxy groups -OCH3 is 1. The Kier molecular flexibility index (Phi) is 13.9. The fourth-order valence-electron chi connectivity index (χ4n) is 8.40. The van der Waals surface area contributed by atoms with Gasteiger partial charge >= 0.3 is 5.97 Å². The number of ether oxygens (including phenoxy) is 3. The minimum Gasteiger partial charge on any atom is -0.464 e. The summed E-state index contributed by atoms with van der Waals surface area (Å²) in [4.78, 5) is 51.9. The molecule has 14 nitrogen and oxygen atoms in total. The van der Waals surface area contributed by atoms with E-state index in [-0.39, 0.29) is 49.2 Å². The lowest BCUT2D eigenvalue weighted by Gasteiger charge is -2.37. The molecule has 16 heteroatoms. The highest BCUT2D eigenvalue weighted by Crippen LogP contribution is 2.46. The van der Waals surface area contributed by atoms with Crippen molar-refractivity contribution in [2.45, 2.75) is 98.6 Å². The number of cyclic esters (lactones) is 1. The topological polar surface area (TPSA) is 171 Å². The predicted molar refractivity (Wildman–Crippen MR) is 235 cm³/mol. The van der Waals surface area contributed by atoms with Gasteiger partial charge in [-0.3, -0.25) is 24.4 Å². The van der Waals surface area contributed by atoms with Crippen LogP contribution < -0.4 is 10.7 Å². The average Bonchev–Trinajstić information content (AvgIpc) is 3.48. The van der Waals surface area contributed by atoms with Crippen molar-refractivity contribution in [3.8, 4) is 11.3 Å².